The zero-order chi connectivity index (χ0) is 17.3. The molecule has 2 N–H and O–H groups in total. The van der Waals surface area contributed by atoms with Crippen LogP contribution in [0.25, 0.3) is 0 Å². The van der Waals surface area contributed by atoms with Crippen molar-refractivity contribution in [3.8, 4) is 0 Å². The second-order valence-corrected chi connectivity index (χ2v) is 7.84. The molecule has 1 aliphatic carbocycles. The average Bonchev–Trinajstić information content (AvgIpc) is 3.11. The van der Waals surface area contributed by atoms with Crippen molar-refractivity contribution in [1.29, 1.82) is 0 Å². The molecule has 0 radical (unpaired) electrons. The summed E-state index contributed by atoms with van der Waals surface area (Å²) in [4.78, 5) is 6.95. The number of halogens is 1. The maximum Gasteiger partial charge on any atom is 0.191 e. The Labute approximate surface area is 171 Å². The fourth-order valence-electron chi connectivity index (χ4n) is 3.72. The summed E-state index contributed by atoms with van der Waals surface area (Å²) < 4.78 is 5.91. The van der Waals surface area contributed by atoms with Crippen molar-refractivity contribution in [2.75, 3.05) is 39.8 Å². The van der Waals surface area contributed by atoms with E-state index in [0.717, 1.165) is 32.1 Å². The van der Waals surface area contributed by atoms with Gasteiger partial charge in [-0.1, -0.05) is 19.3 Å². The van der Waals surface area contributed by atoms with Gasteiger partial charge in [-0.25, -0.2) is 0 Å². The van der Waals surface area contributed by atoms with Crippen LogP contribution in [0.5, 0.6) is 0 Å². The maximum absolute atomic E-state index is 5.91. The van der Waals surface area contributed by atoms with Crippen LogP contribution in [0.1, 0.15) is 65.2 Å². The smallest absolute Gasteiger partial charge is 0.191 e. The first-order chi connectivity index (χ1) is 11.6. The van der Waals surface area contributed by atoms with Gasteiger partial charge in [-0.05, 0) is 59.0 Å². The van der Waals surface area contributed by atoms with Crippen molar-refractivity contribution < 1.29 is 4.74 Å². The lowest BCUT2D eigenvalue weighted by Crippen LogP contribution is -2.54. The van der Waals surface area contributed by atoms with E-state index in [1.807, 2.05) is 7.05 Å². The van der Waals surface area contributed by atoms with Gasteiger partial charge in [-0.2, -0.15) is 0 Å². The van der Waals surface area contributed by atoms with Crippen LogP contribution >= 0.6 is 24.0 Å². The fourth-order valence-corrected chi connectivity index (χ4v) is 3.72. The van der Waals surface area contributed by atoms with Crippen LogP contribution in [0.2, 0.25) is 0 Å². The molecule has 1 heterocycles. The van der Waals surface area contributed by atoms with Gasteiger partial charge in [0, 0.05) is 32.3 Å². The molecule has 0 unspecified atom stereocenters. The van der Waals surface area contributed by atoms with Gasteiger partial charge in [0.05, 0.1) is 6.10 Å². The van der Waals surface area contributed by atoms with Crippen molar-refractivity contribution in [2.24, 2.45) is 4.99 Å². The topological polar surface area (TPSA) is 48.9 Å². The molecular formula is C19H39IN4O. The average molecular weight is 466 g/mol. The molecule has 0 aromatic carbocycles. The molecular weight excluding hydrogens is 427 g/mol. The van der Waals surface area contributed by atoms with E-state index in [1.54, 1.807) is 0 Å². The summed E-state index contributed by atoms with van der Waals surface area (Å²) in [6.07, 6.45) is 10.8. The number of ether oxygens (including phenoxy) is 1. The Balaban J connectivity index is 0.00000312. The number of nitrogens with zero attached hydrogens (tertiary/aromatic N) is 2. The Morgan fingerprint density at radius 3 is 2.40 bits per heavy atom. The molecule has 2 aliphatic rings. The predicted octanol–water partition coefficient (Wildman–Crippen LogP) is 3.38. The molecule has 148 valence electrons. The minimum Gasteiger partial charge on any atom is -0.378 e. The zero-order valence-corrected chi connectivity index (χ0v) is 18.8. The number of rotatable bonds is 8. The molecule has 0 amide bonds. The number of hydrogen-bond acceptors (Lipinski definition) is 3. The summed E-state index contributed by atoms with van der Waals surface area (Å²) >= 11 is 0. The highest BCUT2D eigenvalue weighted by molar-refractivity contribution is 14.0. The van der Waals surface area contributed by atoms with Crippen LogP contribution in [0.4, 0.5) is 0 Å². The van der Waals surface area contributed by atoms with Crippen LogP contribution in [0.15, 0.2) is 4.99 Å². The molecule has 1 saturated heterocycles. The maximum atomic E-state index is 5.91. The van der Waals surface area contributed by atoms with Crippen molar-refractivity contribution in [3.63, 3.8) is 0 Å². The lowest BCUT2D eigenvalue weighted by Gasteiger charge is -2.41. The standard InChI is InChI=1S/C19H38N4O.HI/c1-19(2,23-13-7-4-8-14-23)16-22-18(20-3)21-12-9-15-24-17-10-5-6-11-17;/h17H,4-16H2,1-3H3,(H2,20,21,22);1H. The Morgan fingerprint density at radius 2 is 1.76 bits per heavy atom. The van der Waals surface area contributed by atoms with Crippen molar-refractivity contribution in [3.05, 3.63) is 0 Å². The largest absolute Gasteiger partial charge is 0.378 e. The summed E-state index contributed by atoms with van der Waals surface area (Å²) in [6, 6.07) is 0. The van der Waals surface area contributed by atoms with Gasteiger partial charge in [-0.15, -0.1) is 24.0 Å². The summed E-state index contributed by atoms with van der Waals surface area (Å²) in [5, 5.41) is 6.91. The third-order valence-electron chi connectivity index (χ3n) is 5.39. The van der Waals surface area contributed by atoms with Crippen LogP contribution in [-0.2, 0) is 4.74 Å². The quantitative estimate of drug-likeness (QED) is 0.249. The van der Waals surface area contributed by atoms with Gasteiger partial charge in [0.2, 0.25) is 0 Å². The molecule has 1 aliphatic heterocycles. The Morgan fingerprint density at radius 1 is 1.08 bits per heavy atom. The Bertz CT molecular complexity index is 378. The van der Waals surface area contributed by atoms with E-state index < -0.39 is 0 Å². The zero-order valence-electron chi connectivity index (χ0n) is 16.5. The molecule has 0 atom stereocenters. The third kappa shape index (κ3) is 8.43. The van der Waals surface area contributed by atoms with Crippen LogP contribution in [0.3, 0.4) is 0 Å². The van der Waals surface area contributed by atoms with E-state index in [2.05, 4.69) is 34.4 Å². The minimum absolute atomic E-state index is 0. The molecule has 2 fully saturated rings. The number of aliphatic imine (C=N–C) groups is 1. The van der Waals surface area contributed by atoms with Gasteiger partial charge >= 0.3 is 0 Å². The van der Waals surface area contributed by atoms with E-state index in [4.69, 9.17) is 4.74 Å². The van der Waals surface area contributed by atoms with E-state index in [1.165, 1.54) is 58.0 Å². The van der Waals surface area contributed by atoms with Crippen molar-refractivity contribution >= 4 is 29.9 Å². The second kappa shape index (κ2) is 12.3. The molecule has 0 bridgehead atoms. The Kier molecular flexibility index (Phi) is 11.3. The van der Waals surface area contributed by atoms with Gasteiger partial charge in [-0.3, -0.25) is 9.89 Å². The molecule has 0 spiro atoms. The number of guanidine groups is 1. The van der Waals surface area contributed by atoms with E-state index in [0.29, 0.717) is 6.10 Å². The third-order valence-corrected chi connectivity index (χ3v) is 5.39. The van der Waals surface area contributed by atoms with Gasteiger partial charge in [0.15, 0.2) is 5.96 Å². The first-order valence-electron chi connectivity index (χ1n) is 9.93. The lowest BCUT2D eigenvalue weighted by atomic mass is 9.98. The first-order valence-corrected chi connectivity index (χ1v) is 9.93. The number of nitrogens with one attached hydrogen (secondary N) is 2. The van der Waals surface area contributed by atoms with Crippen molar-refractivity contribution in [2.45, 2.75) is 76.9 Å². The summed E-state index contributed by atoms with van der Waals surface area (Å²) in [6.45, 7) is 9.79. The van der Waals surface area contributed by atoms with E-state index in [9.17, 15) is 0 Å². The molecule has 1 saturated carbocycles. The first kappa shape index (κ1) is 23.0. The summed E-state index contributed by atoms with van der Waals surface area (Å²) in [7, 11) is 1.85. The normalized spacial score (nSPS) is 20.4. The van der Waals surface area contributed by atoms with Crippen LogP contribution in [0, 0.1) is 0 Å². The SMILES string of the molecule is CN=C(NCCCOC1CCCC1)NCC(C)(C)N1CCCCC1.I. The summed E-state index contributed by atoms with van der Waals surface area (Å²) in [5.74, 6) is 0.904. The Hall–Kier alpha value is -0.0800. The van der Waals surface area contributed by atoms with Gasteiger partial charge in [0.25, 0.3) is 0 Å². The van der Waals surface area contributed by atoms with Crippen LogP contribution < -0.4 is 10.6 Å². The molecule has 0 aromatic rings. The number of likely N-dealkylation sites (tertiary alicyclic amines) is 1. The van der Waals surface area contributed by atoms with E-state index >= 15 is 0 Å². The van der Waals surface area contributed by atoms with Crippen molar-refractivity contribution in [1.82, 2.24) is 15.5 Å². The lowest BCUT2D eigenvalue weighted by molar-refractivity contribution is 0.0573. The number of piperidine rings is 1. The van der Waals surface area contributed by atoms with Gasteiger partial charge < -0.3 is 15.4 Å². The number of hydrogen-bond donors (Lipinski definition) is 2. The molecule has 6 heteroatoms. The van der Waals surface area contributed by atoms with E-state index in [-0.39, 0.29) is 29.5 Å². The highest BCUT2D eigenvalue weighted by Crippen LogP contribution is 2.21. The molecule has 2 rings (SSSR count). The van der Waals surface area contributed by atoms with Gasteiger partial charge in [0.1, 0.15) is 0 Å². The highest BCUT2D eigenvalue weighted by atomic mass is 127. The minimum atomic E-state index is 0. The monoisotopic (exact) mass is 466 g/mol. The second-order valence-electron chi connectivity index (χ2n) is 7.84. The predicted molar refractivity (Wildman–Crippen MR) is 117 cm³/mol. The van der Waals surface area contributed by atoms with Crippen LogP contribution in [-0.4, -0.2) is 62.3 Å². The molecule has 5 nitrogen and oxygen atoms in total. The summed E-state index contributed by atoms with van der Waals surface area (Å²) in [5.41, 5.74) is 0.170. The fraction of sp³-hybridized carbons (Fsp3) is 0.947. The molecule has 0 aromatic heterocycles. The highest BCUT2D eigenvalue weighted by Gasteiger charge is 2.27. The molecule has 25 heavy (non-hydrogen) atoms.